The van der Waals surface area contributed by atoms with E-state index < -0.39 is 23.8 Å². The Bertz CT molecular complexity index is 886. The van der Waals surface area contributed by atoms with E-state index in [1.54, 1.807) is 31.7 Å². The monoisotopic (exact) mass is 485 g/mol. The average molecular weight is 486 g/mol. The van der Waals surface area contributed by atoms with Gasteiger partial charge in [0.15, 0.2) is 0 Å². The van der Waals surface area contributed by atoms with E-state index in [0.29, 0.717) is 6.54 Å². The van der Waals surface area contributed by atoms with Gasteiger partial charge in [-0.2, -0.15) is 0 Å². The van der Waals surface area contributed by atoms with E-state index >= 15 is 0 Å². The second-order valence-corrected chi connectivity index (χ2v) is 10.6. The zero-order valence-electron chi connectivity index (χ0n) is 22.2. The molecule has 0 radical (unpaired) electrons. The molecule has 1 aromatic rings. The summed E-state index contributed by atoms with van der Waals surface area (Å²) in [6, 6.07) is 5.88. The highest BCUT2D eigenvalue weighted by Crippen LogP contribution is 2.34. The van der Waals surface area contributed by atoms with Crippen LogP contribution in [-0.2, 0) is 14.3 Å². The van der Waals surface area contributed by atoms with Crippen LogP contribution in [0.2, 0.25) is 0 Å². The number of benzene rings is 1. The molecule has 35 heavy (non-hydrogen) atoms. The molecule has 1 aromatic carbocycles. The highest BCUT2D eigenvalue weighted by atomic mass is 16.6. The summed E-state index contributed by atoms with van der Waals surface area (Å²) >= 11 is 0. The largest absolute Gasteiger partial charge is 0.444 e. The van der Waals surface area contributed by atoms with Crippen LogP contribution in [0.1, 0.15) is 90.8 Å². The molecule has 1 aliphatic rings. The highest BCUT2D eigenvalue weighted by Gasteiger charge is 2.42. The van der Waals surface area contributed by atoms with Gasteiger partial charge < -0.3 is 20.3 Å². The SMILES string of the molecule is C=Cc1cccc(C(C(=O)NCCCC)N(C(=O)C(NC(=O)OC(C)(C)C)C(C)C)C2CCC2)c1. The fraction of sp³-hybridized carbons (Fsp3) is 0.607. The maximum absolute atomic E-state index is 14.1. The number of hydrogen-bond acceptors (Lipinski definition) is 4. The number of nitrogens with zero attached hydrogens (tertiary/aromatic N) is 1. The number of carbonyl (C=O) groups excluding carboxylic acids is 3. The van der Waals surface area contributed by atoms with Crippen LogP contribution in [0.4, 0.5) is 4.79 Å². The lowest BCUT2D eigenvalue weighted by atomic mass is 9.87. The summed E-state index contributed by atoms with van der Waals surface area (Å²) in [5.74, 6) is -0.671. The van der Waals surface area contributed by atoms with Crippen LogP contribution in [0.15, 0.2) is 30.8 Å². The van der Waals surface area contributed by atoms with Crippen LogP contribution in [0.3, 0.4) is 0 Å². The number of carbonyl (C=O) groups is 3. The third kappa shape index (κ3) is 8.11. The topological polar surface area (TPSA) is 87.7 Å². The molecule has 7 heteroatoms. The quantitative estimate of drug-likeness (QED) is 0.421. The Morgan fingerprint density at radius 2 is 1.91 bits per heavy atom. The summed E-state index contributed by atoms with van der Waals surface area (Å²) in [5.41, 5.74) is 0.924. The zero-order chi connectivity index (χ0) is 26.2. The van der Waals surface area contributed by atoms with E-state index in [4.69, 9.17) is 4.74 Å². The number of unbranched alkanes of at least 4 members (excludes halogenated alkanes) is 1. The molecule has 0 spiro atoms. The Morgan fingerprint density at radius 3 is 2.43 bits per heavy atom. The molecule has 0 bridgehead atoms. The number of rotatable bonds is 11. The molecule has 0 heterocycles. The molecular formula is C28H43N3O4. The van der Waals surface area contributed by atoms with Gasteiger partial charge in [-0.05, 0) is 69.6 Å². The van der Waals surface area contributed by atoms with Crippen molar-refractivity contribution >= 4 is 24.0 Å². The molecule has 2 unspecified atom stereocenters. The molecule has 1 fully saturated rings. The maximum atomic E-state index is 14.1. The van der Waals surface area contributed by atoms with Crippen molar-refractivity contribution in [3.63, 3.8) is 0 Å². The lowest BCUT2D eigenvalue weighted by Crippen LogP contribution is -2.58. The Kier molecular flexibility index (Phi) is 10.3. The Hall–Kier alpha value is -2.83. The summed E-state index contributed by atoms with van der Waals surface area (Å²) in [6.07, 6.45) is 5.54. The first kappa shape index (κ1) is 28.4. The fourth-order valence-electron chi connectivity index (χ4n) is 4.07. The van der Waals surface area contributed by atoms with Gasteiger partial charge in [-0.15, -0.1) is 0 Å². The summed E-state index contributed by atoms with van der Waals surface area (Å²) in [6.45, 7) is 15.6. The third-order valence-electron chi connectivity index (χ3n) is 6.15. The molecule has 0 saturated heterocycles. The second-order valence-electron chi connectivity index (χ2n) is 10.6. The normalized spacial score (nSPS) is 15.5. The van der Waals surface area contributed by atoms with Crippen molar-refractivity contribution in [1.29, 1.82) is 0 Å². The van der Waals surface area contributed by atoms with Crippen LogP contribution in [0.25, 0.3) is 6.08 Å². The van der Waals surface area contributed by atoms with Crippen molar-refractivity contribution in [1.82, 2.24) is 15.5 Å². The number of alkyl carbamates (subject to hydrolysis) is 1. The number of nitrogens with one attached hydrogen (secondary N) is 2. The lowest BCUT2D eigenvalue weighted by Gasteiger charge is -2.44. The van der Waals surface area contributed by atoms with Gasteiger partial charge in [-0.3, -0.25) is 9.59 Å². The van der Waals surface area contributed by atoms with Gasteiger partial charge in [-0.25, -0.2) is 4.79 Å². The minimum atomic E-state index is -0.820. The zero-order valence-corrected chi connectivity index (χ0v) is 22.2. The lowest BCUT2D eigenvalue weighted by molar-refractivity contribution is -0.148. The van der Waals surface area contributed by atoms with Crippen molar-refractivity contribution in [2.75, 3.05) is 6.54 Å². The van der Waals surface area contributed by atoms with Crippen LogP contribution in [-0.4, -0.2) is 47.0 Å². The van der Waals surface area contributed by atoms with E-state index in [1.807, 2.05) is 38.1 Å². The Labute approximate surface area is 210 Å². The van der Waals surface area contributed by atoms with Crippen molar-refractivity contribution in [3.8, 4) is 0 Å². The van der Waals surface area contributed by atoms with E-state index in [9.17, 15) is 14.4 Å². The van der Waals surface area contributed by atoms with Gasteiger partial charge in [0.2, 0.25) is 11.8 Å². The molecule has 2 atom stereocenters. The molecule has 1 aliphatic carbocycles. The predicted molar refractivity (Wildman–Crippen MR) is 140 cm³/mol. The molecule has 2 N–H and O–H groups in total. The van der Waals surface area contributed by atoms with Crippen molar-refractivity contribution < 1.29 is 19.1 Å². The Balaban J connectivity index is 2.47. The second kappa shape index (κ2) is 12.8. The Morgan fingerprint density at radius 1 is 1.23 bits per heavy atom. The average Bonchev–Trinajstić information content (AvgIpc) is 2.74. The van der Waals surface area contributed by atoms with Crippen LogP contribution in [0.5, 0.6) is 0 Å². The third-order valence-corrected chi connectivity index (χ3v) is 6.15. The smallest absolute Gasteiger partial charge is 0.408 e. The maximum Gasteiger partial charge on any atom is 0.408 e. The van der Waals surface area contributed by atoms with E-state index in [0.717, 1.165) is 43.2 Å². The number of hydrogen-bond donors (Lipinski definition) is 2. The van der Waals surface area contributed by atoms with Crippen molar-refractivity contribution in [2.24, 2.45) is 5.92 Å². The first-order chi connectivity index (χ1) is 16.5. The predicted octanol–water partition coefficient (Wildman–Crippen LogP) is 5.22. The van der Waals surface area contributed by atoms with Gasteiger partial charge in [0, 0.05) is 12.6 Å². The van der Waals surface area contributed by atoms with Gasteiger partial charge in [0.05, 0.1) is 0 Å². The highest BCUT2D eigenvalue weighted by molar-refractivity contribution is 5.92. The molecule has 0 aliphatic heterocycles. The minimum Gasteiger partial charge on any atom is -0.444 e. The van der Waals surface area contributed by atoms with Gasteiger partial charge in [0.1, 0.15) is 17.7 Å². The van der Waals surface area contributed by atoms with Crippen molar-refractivity contribution in [2.45, 2.75) is 97.4 Å². The van der Waals surface area contributed by atoms with Crippen LogP contribution in [0, 0.1) is 5.92 Å². The molecular weight excluding hydrogens is 442 g/mol. The van der Waals surface area contributed by atoms with Crippen LogP contribution < -0.4 is 10.6 Å². The minimum absolute atomic E-state index is 0.0708. The molecule has 194 valence electrons. The summed E-state index contributed by atoms with van der Waals surface area (Å²) in [4.78, 5) is 41.9. The summed E-state index contributed by atoms with van der Waals surface area (Å²) in [7, 11) is 0. The van der Waals surface area contributed by atoms with Gasteiger partial charge in [-0.1, -0.05) is 58.0 Å². The molecule has 3 amide bonds. The standard InChI is InChI=1S/C28H43N3O4/c1-8-10-17-29-25(32)24(21-14-11-13-20(9-2)18-21)31(22-15-12-16-22)26(33)23(19(3)4)30-27(34)35-28(5,6)7/h9,11,13-14,18-19,22-24H,2,8,10,12,15-17H2,1,3-7H3,(H,29,32)(H,30,34). The molecule has 0 aromatic heterocycles. The van der Waals surface area contributed by atoms with E-state index in [-0.39, 0.29) is 23.8 Å². The first-order valence-corrected chi connectivity index (χ1v) is 12.8. The summed E-state index contributed by atoms with van der Waals surface area (Å²) < 4.78 is 5.43. The number of ether oxygens (including phenoxy) is 1. The van der Waals surface area contributed by atoms with Gasteiger partial charge in [0.25, 0.3) is 0 Å². The van der Waals surface area contributed by atoms with Crippen molar-refractivity contribution in [3.05, 3.63) is 42.0 Å². The van der Waals surface area contributed by atoms with E-state index in [1.165, 1.54) is 0 Å². The first-order valence-electron chi connectivity index (χ1n) is 12.8. The molecule has 1 saturated carbocycles. The molecule has 7 nitrogen and oxygen atoms in total. The van der Waals surface area contributed by atoms with E-state index in [2.05, 4.69) is 24.1 Å². The molecule has 2 rings (SSSR count). The summed E-state index contributed by atoms with van der Waals surface area (Å²) in [5, 5.41) is 5.80. The number of amides is 3. The van der Waals surface area contributed by atoms with Gasteiger partial charge >= 0.3 is 6.09 Å². The van der Waals surface area contributed by atoms with Crippen LogP contribution >= 0.6 is 0 Å². The fourth-order valence-corrected chi connectivity index (χ4v) is 4.07.